The van der Waals surface area contributed by atoms with Gasteiger partial charge in [-0.2, -0.15) is 0 Å². The minimum absolute atomic E-state index is 0.230. The van der Waals surface area contributed by atoms with E-state index in [9.17, 15) is 13.6 Å². The zero-order chi connectivity index (χ0) is 14.4. The van der Waals surface area contributed by atoms with Gasteiger partial charge in [0.15, 0.2) is 5.82 Å². The van der Waals surface area contributed by atoms with Crippen molar-refractivity contribution < 1.29 is 13.6 Å². The van der Waals surface area contributed by atoms with Gasteiger partial charge in [0.25, 0.3) is 0 Å². The van der Waals surface area contributed by atoms with Gasteiger partial charge < -0.3 is 11.1 Å². The molecule has 0 saturated heterocycles. The molecule has 1 unspecified atom stereocenters. The fourth-order valence-corrected chi connectivity index (χ4v) is 1.78. The second kappa shape index (κ2) is 7.19. The summed E-state index contributed by atoms with van der Waals surface area (Å²) in [4.78, 5) is 11.7. The Morgan fingerprint density at radius 1 is 1.37 bits per heavy atom. The quantitative estimate of drug-likeness (QED) is 0.835. The fraction of sp³-hybridized carbons (Fsp3) is 0.500. The Bertz CT molecular complexity index is 449. The Morgan fingerprint density at radius 3 is 2.68 bits per heavy atom. The number of carbonyl (C=O) groups is 1. The molecule has 0 aliphatic rings. The largest absolute Gasteiger partial charge is 0.330 e. The van der Waals surface area contributed by atoms with E-state index in [-0.39, 0.29) is 18.0 Å². The number of amides is 1. The number of rotatable bonds is 6. The van der Waals surface area contributed by atoms with Crippen LogP contribution in [0, 0.1) is 24.5 Å². The Labute approximate surface area is 112 Å². The van der Waals surface area contributed by atoms with E-state index in [0.29, 0.717) is 24.4 Å². The van der Waals surface area contributed by atoms with Gasteiger partial charge in [0.2, 0.25) is 5.91 Å². The van der Waals surface area contributed by atoms with E-state index >= 15 is 0 Å². The van der Waals surface area contributed by atoms with Crippen molar-refractivity contribution in [3.05, 3.63) is 29.3 Å². The van der Waals surface area contributed by atoms with E-state index in [0.717, 1.165) is 12.5 Å². The van der Waals surface area contributed by atoms with Gasteiger partial charge in [0.05, 0.1) is 0 Å². The van der Waals surface area contributed by atoms with Crippen LogP contribution in [0.25, 0.3) is 0 Å². The first-order valence-corrected chi connectivity index (χ1v) is 6.40. The summed E-state index contributed by atoms with van der Waals surface area (Å²) in [5.74, 6) is -1.54. The highest BCUT2D eigenvalue weighted by molar-refractivity contribution is 5.91. The monoisotopic (exact) mass is 270 g/mol. The highest BCUT2D eigenvalue weighted by atomic mass is 19.1. The van der Waals surface area contributed by atoms with Crippen LogP contribution in [0.5, 0.6) is 0 Å². The zero-order valence-corrected chi connectivity index (χ0v) is 11.3. The predicted octanol–water partition coefficient (Wildman–Crippen LogP) is 2.98. The van der Waals surface area contributed by atoms with Crippen molar-refractivity contribution in [2.75, 3.05) is 11.9 Å². The van der Waals surface area contributed by atoms with Crippen LogP contribution in [0.15, 0.2) is 12.1 Å². The molecule has 3 nitrogen and oxygen atoms in total. The smallest absolute Gasteiger partial charge is 0.224 e. The normalized spacial score (nSPS) is 12.3. The first-order valence-electron chi connectivity index (χ1n) is 6.40. The van der Waals surface area contributed by atoms with Crippen LogP contribution in [-0.4, -0.2) is 12.5 Å². The van der Waals surface area contributed by atoms with Gasteiger partial charge in [-0.05, 0) is 43.9 Å². The first kappa shape index (κ1) is 15.6. The summed E-state index contributed by atoms with van der Waals surface area (Å²) >= 11 is 0. The molecule has 1 aromatic rings. The molecule has 3 N–H and O–H groups in total. The molecule has 0 aliphatic carbocycles. The molecule has 0 spiro atoms. The molecule has 106 valence electrons. The van der Waals surface area contributed by atoms with E-state index in [1.54, 1.807) is 0 Å². The van der Waals surface area contributed by atoms with E-state index < -0.39 is 11.6 Å². The van der Waals surface area contributed by atoms with Crippen LogP contribution in [0.4, 0.5) is 14.5 Å². The number of aryl methyl sites for hydroxylation is 1. The van der Waals surface area contributed by atoms with Crippen molar-refractivity contribution in [2.45, 2.75) is 33.1 Å². The SMILES string of the molecule is Cc1ccc(F)c(NC(=O)CCC(C)CCN)c1F. The van der Waals surface area contributed by atoms with Gasteiger partial charge in [0, 0.05) is 6.42 Å². The lowest BCUT2D eigenvalue weighted by Gasteiger charge is -2.11. The second-order valence-corrected chi connectivity index (χ2v) is 4.82. The third-order valence-corrected chi connectivity index (χ3v) is 3.07. The van der Waals surface area contributed by atoms with E-state index in [1.165, 1.54) is 13.0 Å². The minimum atomic E-state index is -0.758. The Balaban J connectivity index is 2.60. The van der Waals surface area contributed by atoms with Gasteiger partial charge in [0.1, 0.15) is 11.5 Å². The van der Waals surface area contributed by atoms with Gasteiger partial charge in [-0.15, -0.1) is 0 Å². The number of benzene rings is 1. The molecule has 0 saturated carbocycles. The summed E-state index contributed by atoms with van der Waals surface area (Å²) in [6.45, 7) is 4.09. The van der Waals surface area contributed by atoms with E-state index in [1.807, 2.05) is 6.92 Å². The topological polar surface area (TPSA) is 55.1 Å². The molecular weight excluding hydrogens is 250 g/mol. The van der Waals surface area contributed by atoms with Crippen LogP contribution in [-0.2, 0) is 4.79 Å². The van der Waals surface area contributed by atoms with Crippen LogP contribution in [0.3, 0.4) is 0 Å². The highest BCUT2D eigenvalue weighted by Crippen LogP contribution is 2.22. The number of hydrogen-bond donors (Lipinski definition) is 2. The fourth-order valence-electron chi connectivity index (χ4n) is 1.78. The van der Waals surface area contributed by atoms with Gasteiger partial charge in [-0.25, -0.2) is 8.78 Å². The lowest BCUT2D eigenvalue weighted by Crippen LogP contribution is -2.16. The number of nitrogens with two attached hydrogens (primary N) is 1. The van der Waals surface area contributed by atoms with Gasteiger partial charge in [-0.3, -0.25) is 4.79 Å². The molecule has 0 aliphatic heterocycles. The van der Waals surface area contributed by atoms with Gasteiger partial charge in [-0.1, -0.05) is 13.0 Å². The van der Waals surface area contributed by atoms with Crippen molar-refractivity contribution >= 4 is 11.6 Å². The molecular formula is C14H20F2N2O. The van der Waals surface area contributed by atoms with Crippen molar-refractivity contribution in [1.29, 1.82) is 0 Å². The standard InChI is InChI=1S/C14H20F2N2O/c1-9(7-8-17)3-6-12(19)18-14-11(15)5-4-10(2)13(14)16/h4-5,9H,3,6-8,17H2,1-2H3,(H,18,19). The molecule has 1 atom stereocenters. The average molecular weight is 270 g/mol. The van der Waals surface area contributed by atoms with Crippen molar-refractivity contribution in [1.82, 2.24) is 0 Å². The van der Waals surface area contributed by atoms with Crippen LogP contribution < -0.4 is 11.1 Å². The molecule has 0 radical (unpaired) electrons. The summed E-state index contributed by atoms with van der Waals surface area (Å²) < 4.78 is 27.1. The summed E-state index contributed by atoms with van der Waals surface area (Å²) in [7, 11) is 0. The molecule has 0 aromatic heterocycles. The molecule has 19 heavy (non-hydrogen) atoms. The Morgan fingerprint density at radius 2 is 2.05 bits per heavy atom. The molecule has 1 rings (SSSR count). The number of carbonyl (C=O) groups excluding carboxylic acids is 1. The number of hydrogen-bond acceptors (Lipinski definition) is 2. The second-order valence-electron chi connectivity index (χ2n) is 4.82. The van der Waals surface area contributed by atoms with E-state index in [2.05, 4.69) is 5.32 Å². The third kappa shape index (κ3) is 4.59. The Hall–Kier alpha value is -1.49. The van der Waals surface area contributed by atoms with Crippen molar-refractivity contribution in [2.24, 2.45) is 11.7 Å². The maximum Gasteiger partial charge on any atom is 0.224 e. The molecule has 1 amide bonds. The van der Waals surface area contributed by atoms with Crippen LogP contribution in [0.1, 0.15) is 31.7 Å². The maximum atomic E-state index is 13.7. The third-order valence-electron chi connectivity index (χ3n) is 3.07. The number of halogens is 2. The summed E-state index contributed by atoms with van der Waals surface area (Å²) in [5.41, 5.74) is 5.35. The minimum Gasteiger partial charge on any atom is -0.330 e. The zero-order valence-electron chi connectivity index (χ0n) is 11.3. The lowest BCUT2D eigenvalue weighted by atomic mass is 10.0. The summed E-state index contributed by atoms with van der Waals surface area (Å²) in [6, 6.07) is 2.48. The Kier molecular flexibility index (Phi) is 5.89. The molecule has 0 fully saturated rings. The molecule has 1 aromatic carbocycles. The molecule has 5 heteroatoms. The average Bonchev–Trinajstić information content (AvgIpc) is 2.37. The van der Waals surface area contributed by atoms with Gasteiger partial charge >= 0.3 is 0 Å². The number of nitrogens with one attached hydrogen (secondary N) is 1. The van der Waals surface area contributed by atoms with E-state index in [4.69, 9.17) is 5.73 Å². The molecule has 0 heterocycles. The lowest BCUT2D eigenvalue weighted by molar-refractivity contribution is -0.116. The highest BCUT2D eigenvalue weighted by Gasteiger charge is 2.14. The first-order chi connectivity index (χ1) is 8.95. The van der Waals surface area contributed by atoms with Crippen LogP contribution in [0.2, 0.25) is 0 Å². The molecule has 0 bridgehead atoms. The maximum absolute atomic E-state index is 13.7. The van der Waals surface area contributed by atoms with Crippen molar-refractivity contribution in [3.8, 4) is 0 Å². The summed E-state index contributed by atoms with van der Waals surface area (Å²) in [5, 5.41) is 2.30. The number of anilines is 1. The summed E-state index contributed by atoms with van der Waals surface area (Å²) in [6.07, 6.45) is 1.71. The predicted molar refractivity (Wildman–Crippen MR) is 71.8 cm³/mol. The van der Waals surface area contributed by atoms with Crippen molar-refractivity contribution in [3.63, 3.8) is 0 Å². The van der Waals surface area contributed by atoms with Crippen LogP contribution >= 0.6 is 0 Å².